The van der Waals surface area contributed by atoms with E-state index in [1.807, 2.05) is 0 Å². The Morgan fingerprint density at radius 2 is 0.525 bits per heavy atom. The van der Waals surface area contributed by atoms with E-state index >= 15 is 0 Å². The van der Waals surface area contributed by atoms with Gasteiger partial charge in [0.1, 0.15) is 232 Å². The summed E-state index contributed by atoms with van der Waals surface area (Å²) in [5.41, 5.74) is 0. The second-order valence-electron chi connectivity index (χ2n) is 30.5. The maximum Gasteiger partial charge on any atom is 0.217 e. The average molecular weight is 1760 g/mol. The number of carbonyl (C=O) groups is 4. The van der Waals surface area contributed by atoms with Crippen molar-refractivity contribution >= 4 is 23.6 Å². The van der Waals surface area contributed by atoms with Gasteiger partial charge >= 0.3 is 0 Å². The SMILES string of the molecule is CC(=O)N[C@H]1[C@H](O[C@H]2[C@H](O[C@@H]3O[C@@H](C)[C@@H](O)[C@@H](O)[C@@H]3O)[C@@H](NC(C)=O)C(O)O[C@@H]2CO)O[C@H](CO)[C@@H](O[C@@H]2O[C@H](CO[C@H]3O[C@H](CO)[C@@H](O[C@@H]4O[C@H](CO)[C@@H](O)[C@H](O)[C@H]4NC(C)=O)[C@@H](O)[C@@H]3O)[C@@H](O)[C@H](O[C@H]3O[C@H](CO)[C@@H](O[C@@H]4O[C@H](CO)[C@@H](O)[C@H](O[C@@H]5O[C@H](CO)[C@H](O)[C@H](O)[C@H]5O)[C@H]4NC(C)=O)[C@H](O)[C@@H]3O)[C@@H]2O[C@@H]2O[C@H](CO)[C@H](O)[C@H]2O)[C@@H]1O. The third-order valence-corrected chi connectivity index (χ3v) is 22.1. The van der Waals surface area contributed by atoms with Crippen LogP contribution in [0.5, 0.6) is 0 Å². The minimum atomic E-state index is -2.58. The Hall–Kier alpha value is -3.92. The van der Waals surface area contributed by atoms with Crippen LogP contribution in [0.3, 0.4) is 0 Å². The predicted octanol–water partition coefficient (Wildman–Crippen LogP) is -20.6. The van der Waals surface area contributed by atoms with E-state index in [-0.39, 0.29) is 0 Å². The van der Waals surface area contributed by atoms with E-state index in [4.69, 9.17) is 90.0 Å². The minimum absolute atomic E-state index is 0.810. The Bertz CT molecular complexity index is 3230. The zero-order valence-electron chi connectivity index (χ0n) is 64.7. The molecule has 694 valence electrons. The molecule has 4 amide bonds. The molecule has 10 saturated heterocycles. The molecular formula is C67H112N4O49. The lowest BCUT2D eigenvalue weighted by Gasteiger charge is -2.52. The lowest BCUT2D eigenvalue weighted by Crippen LogP contribution is -2.71. The first-order valence-electron chi connectivity index (χ1n) is 38.4. The first-order chi connectivity index (χ1) is 56.8. The summed E-state index contributed by atoms with van der Waals surface area (Å²) in [6.45, 7) is -4.93. The van der Waals surface area contributed by atoms with Crippen LogP contribution in [0.1, 0.15) is 34.6 Å². The van der Waals surface area contributed by atoms with Crippen molar-refractivity contribution in [3.05, 3.63) is 0 Å². The number of ether oxygens (including phenoxy) is 19. The van der Waals surface area contributed by atoms with Gasteiger partial charge in [-0.05, 0) is 6.92 Å². The molecule has 53 heteroatoms. The lowest BCUT2D eigenvalue weighted by molar-refractivity contribution is -0.403. The van der Waals surface area contributed by atoms with Gasteiger partial charge in [-0.15, -0.1) is 0 Å². The van der Waals surface area contributed by atoms with E-state index in [9.17, 15) is 152 Å². The van der Waals surface area contributed by atoms with Crippen molar-refractivity contribution in [2.75, 3.05) is 59.5 Å². The highest BCUT2D eigenvalue weighted by atomic mass is 16.8. The molecule has 0 saturated carbocycles. The monoisotopic (exact) mass is 1760 g/mol. The molecule has 120 heavy (non-hydrogen) atoms. The Labute approximate surface area is 679 Å². The molecule has 1 unspecified atom stereocenters. The molecule has 0 aliphatic carbocycles. The summed E-state index contributed by atoms with van der Waals surface area (Å²) in [6.07, 6.45) is -93.2. The van der Waals surface area contributed by atoms with Crippen molar-refractivity contribution in [3.8, 4) is 0 Å². The van der Waals surface area contributed by atoms with Crippen molar-refractivity contribution in [3.63, 3.8) is 0 Å². The van der Waals surface area contributed by atoms with Crippen molar-refractivity contribution in [2.24, 2.45) is 0 Å². The second-order valence-corrected chi connectivity index (χ2v) is 30.5. The summed E-state index contributed by atoms with van der Waals surface area (Å²) in [4.78, 5) is 51.4. The van der Waals surface area contributed by atoms with Crippen LogP contribution in [0.15, 0.2) is 0 Å². The highest BCUT2D eigenvalue weighted by molar-refractivity contribution is 5.74. The van der Waals surface area contributed by atoms with Crippen LogP contribution in [0.2, 0.25) is 0 Å². The summed E-state index contributed by atoms with van der Waals surface area (Å²) in [5.74, 6) is -3.62. The normalized spacial score (nSPS) is 49.6. The second kappa shape index (κ2) is 42.8. The zero-order valence-corrected chi connectivity index (χ0v) is 64.7. The maximum absolute atomic E-state index is 13.4. The molecule has 0 aromatic heterocycles. The Morgan fingerprint density at radius 3 is 1.02 bits per heavy atom. The molecule has 0 aromatic rings. The van der Waals surface area contributed by atoms with Crippen LogP contribution in [-0.2, 0) is 109 Å². The van der Waals surface area contributed by atoms with Gasteiger partial charge in [-0.2, -0.15) is 0 Å². The van der Waals surface area contributed by atoms with E-state index in [1.165, 1.54) is 6.92 Å². The molecule has 0 bridgehead atoms. The lowest BCUT2D eigenvalue weighted by atomic mass is 9.93. The topological polar surface area (TPSA) is 818 Å². The van der Waals surface area contributed by atoms with Crippen LogP contribution in [0, 0.1) is 0 Å². The first-order valence-corrected chi connectivity index (χ1v) is 38.4. The molecule has 0 aromatic carbocycles. The third kappa shape index (κ3) is 21.4. The smallest absolute Gasteiger partial charge is 0.217 e. The number of hydrogen-bond donors (Lipinski definition) is 30. The van der Waals surface area contributed by atoms with Gasteiger partial charge in [-0.1, -0.05) is 0 Å². The fourth-order valence-electron chi connectivity index (χ4n) is 15.7. The molecule has 10 rings (SSSR count). The number of aliphatic hydroxyl groups is 26. The highest BCUT2D eigenvalue weighted by Gasteiger charge is 2.62. The van der Waals surface area contributed by atoms with Gasteiger partial charge in [0.05, 0.1) is 65.6 Å². The van der Waals surface area contributed by atoms with Crippen LogP contribution >= 0.6 is 0 Å². The van der Waals surface area contributed by atoms with Gasteiger partial charge in [-0.3, -0.25) is 19.2 Å². The van der Waals surface area contributed by atoms with Gasteiger partial charge in [0.15, 0.2) is 62.9 Å². The van der Waals surface area contributed by atoms with Crippen LogP contribution < -0.4 is 21.3 Å². The Balaban J connectivity index is 1.00. The zero-order chi connectivity index (χ0) is 88.2. The van der Waals surface area contributed by atoms with Crippen molar-refractivity contribution in [1.29, 1.82) is 0 Å². The van der Waals surface area contributed by atoms with Gasteiger partial charge in [0, 0.05) is 27.7 Å². The average Bonchev–Trinajstić information content (AvgIpc) is 0.850. The van der Waals surface area contributed by atoms with E-state index in [0.717, 1.165) is 27.7 Å². The molecule has 30 N–H and O–H groups in total. The van der Waals surface area contributed by atoms with E-state index < -0.39 is 384 Å². The summed E-state index contributed by atoms with van der Waals surface area (Å²) in [5, 5.41) is 300. The summed E-state index contributed by atoms with van der Waals surface area (Å²) < 4.78 is 114. The fourth-order valence-corrected chi connectivity index (χ4v) is 15.7. The number of amides is 4. The fraction of sp³-hybridized carbons (Fsp3) is 0.940. The van der Waals surface area contributed by atoms with Gasteiger partial charge in [0.2, 0.25) is 23.6 Å². The molecular weight excluding hydrogens is 1640 g/mol. The molecule has 49 atom stereocenters. The van der Waals surface area contributed by atoms with Gasteiger partial charge in [0.25, 0.3) is 0 Å². The van der Waals surface area contributed by atoms with Crippen molar-refractivity contribution < 1.29 is 242 Å². The number of hydrogen-bond acceptors (Lipinski definition) is 49. The number of nitrogens with one attached hydrogen (secondary N) is 4. The molecule has 10 fully saturated rings. The molecule has 10 aliphatic heterocycles. The van der Waals surface area contributed by atoms with Crippen LogP contribution in [0.4, 0.5) is 0 Å². The van der Waals surface area contributed by atoms with Crippen LogP contribution in [-0.4, -0.2) is 517 Å². The minimum Gasteiger partial charge on any atom is -0.394 e. The third-order valence-electron chi connectivity index (χ3n) is 22.1. The standard InChI is InChI=1S/C67H112N4O49/c1-15-33(84)41(92)46(97)63(103-15)118-55-31(70-18(4)82)58(101)104-27(13-79)53(55)116-60-30(69-17(3)81)40(91)50(24(10-76)109-60)115-67-57(120-64-45(96)36(87)22(8-74)108-64)56(38(89)28(112-67)14-102-62-48(99)43(94)51(25(11-77)110-62)113-59-29(68-16(2)80)39(90)34(85)20(6-72)105-59)119-66-49(100)44(95)52(26(12-78)111-66)114-61-32(71-19(5)83)54(37(88)23(9-75)106-61)117-65-47(98)42(93)35(86)21(7-73)107-65/h15,20-67,72-79,84-101H,6-14H2,1-5H3,(H,68,80)(H,69,81)(H,70,82)(H,71,83)/t15-,20+,21+,22+,23+,24+,25+,26+,27+,28+,29+,30+,31+,32+,33+,34+,35-,36-,37+,38+,39+,40+,41+,42-,43-,44+,45+,46-,47+,48-,49-,50+,51+,52+,53+,54+,55+,56-,57-,58?,59-,60-,61-,62-,63-,64-,65-,66+,67-/m0/s1. The Kier molecular flexibility index (Phi) is 35.0. The number of rotatable bonds is 31. The van der Waals surface area contributed by atoms with Crippen molar-refractivity contribution in [2.45, 2.75) is 335 Å². The number of carbonyl (C=O) groups excluding carboxylic acids is 4. The highest BCUT2D eigenvalue weighted by Crippen LogP contribution is 2.42. The van der Waals surface area contributed by atoms with E-state index in [2.05, 4.69) is 21.3 Å². The van der Waals surface area contributed by atoms with Crippen LogP contribution in [0.25, 0.3) is 0 Å². The summed E-state index contributed by atoms with van der Waals surface area (Å²) >= 11 is 0. The molecule has 10 aliphatic rings. The molecule has 0 radical (unpaired) electrons. The Morgan fingerprint density at radius 1 is 0.233 bits per heavy atom. The molecule has 53 nitrogen and oxygen atoms in total. The van der Waals surface area contributed by atoms with Crippen molar-refractivity contribution in [1.82, 2.24) is 21.3 Å². The number of aliphatic hydroxyl groups excluding tert-OH is 26. The quantitative estimate of drug-likeness (QED) is 0.0306. The largest absolute Gasteiger partial charge is 0.394 e. The maximum atomic E-state index is 13.4. The molecule has 10 heterocycles. The summed E-state index contributed by atoms with van der Waals surface area (Å²) in [6, 6.07) is -7.37. The van der Waals surface area contributed by atoms with E-state index in [1.54, 1.807) is 0 Å². The van der Waals surface area contributed by atoms with Gasteiger partial charge < -0.3 is 244 Å². The summed E-state index contributed by atoms with van der Waals surface area (Å²) in [7, 11) is 0. The predicted molar refractivity (Wildman–Crippen MR) is 369 cm³/mol. The van der Waals surface area contributed by atoms with E-state index in [0.29, 0.717) is 0 Å². The molecule has 0 spiro atoms. The first kappa shape index (κ1) is 98.3. The van der Waals surface area contributed by atoms with Gasteiger partial charge in [-0.25, -0.2) is 0 Å².